The van der Waals surface area contributed by atoms with Crippen molar-refractivity contribution in [1.29, 1.82) is 0 Å². The van der Waals surface area contributed by atoms with E-state index in [1.807, 2.05) is 49.4 Å². The van der Waals surface area contributed by atoms with E-state index in [1.54, 1.807) is 7.11 Å². The molecule has 25 heavy (non-hydrogen) atoms. The third-order valence-electron chi connectivity index (χ3n) is 4.33. The van der Waals surface area contributed by atoms with Crippen LogP contribution >= 0.6 is 15.9 Å². The first-order valence-electron chi connectivity index (χ1n) is 8.24. The summed E-state index contributed by atoms with van der Waals surface area (Å²) < 4.78 is 12.0. The number of halogens is 1. The summed E-state index contributed by atoms with van der Waals surface area (Å²) in [6, 6.07) is 13.4. The van der Waals surface area contributed by atoms with Gasteiger partial charge in [0.2, 0.25) is 0 Å². The van der Waals surface area contributed by atoms with Gasteiger partial charge in [0, 0.05) is 22.6 Å². The Bertz CT molecular complexity index is 758. The highest BCUT2D eigenvalue weighted by Crippen LogP contribution is 2.29. The second-order valence-electron chi connectivity index (χ2n) is 6.16. The van der Waals surface area contributed by atoms with Crippen molar-refractivity contribution in [3.63, 3.8) is 0 Å². The van der Waals surface area contributed by atoms with Crippen LogP contribution in [0.15, 0.2) is 52.5 Å². The predicted octanol–water partition coefficient (Wildman–Crippen LogP) is 3.95. The second kappa shape index (κ2) is 8.04. The van der Waals surface area contributed by atoms with Gasteiger partial charge in [0.1, 0.15) is 18.1 Å². The highest BCUT2D eigenvalue weighted by molar-refractivity contribution is 9.10. The highest BCUT2D eigenvalue weighted by atomic mass is 79.9. The minimum Gasteiger partial charge on any atom is -0.497 e. The van der Waals surface area contributed by atoms with Crippen molar-refractivity contribution in [2.75, 3.05) is 20.3 Å². The van der Waals surface area contributed by atoms with E-state index in [4.69, 9.17) is 9.47 Å². The van der Waals surface area contributed by atoms with Gasteiger partial charge in [0.15, 0.2) is 0 Å². The van der Waals surface area contributed by atoms with Crippen molar-refractivity contribution in [2.45, 2.75) is 19.1 Å². The second-order valence-corrected chi connectivity index (χ2v) is 7.08. The molecule has 4 nitrogen and oxygen atoms in total. The lowest BCUT2D eigenvalue weighted by molar-refractivity contribution is 0.137. The van der Waals surface area contributed by atoms with Crippen LogP contribution in [0.25, 0.3) is 6.08 Å². The molecule has 132 valence electrons. The number of methoxy groups -OCH3 is 1. The van der Waals surface area contributed by atoms with Crippen LogP contribution in [0.1, 0.15) is 24.2 Å². The molecule has 0 saturated heterocycles. The lowest BCUT2D eigenvalue weighted by Gasteiger charge is -2.23. The molecule has 2 aromatic carbocycles. The Hall–Kier alpha value is -1.82. The topological polar surface area (TPSA) is 50.7 Å². The molecule has 0 unspecified atom stereocenters. The van der Waals surface area contributed by atoms with E-state index in [0.717, 1.165) is 32.7 Å². The van der Waals surface area contributed by atoms with Crippen molar-refractivity contribution in [3.8, 4) is 11.5 Å². The monoisotopic (exact) mass is 403 g/mol. The molecule has 0 spiro atoms. The minimum absolute atomic E-state index is 0.0850. The summed E-state index contributed by atoms with van der Waals surface area (Å²) in [4.78, 5) is 0. The molecule has 0 amide bonds. The van der Waals surface area contributed by atoms with Gasteiger partial charge in [0.05, 0.1) is 13.2 Å². The van der Waals surface area contributed by atoms with Gasteiger partial charge < -0.3 is 19.9 Å². The van der Waals surface area contributed by atoms with Crippen molar-refractivity contribution >= 4 is 22.0 Å². The molecule has 0 bridgehead atoms. The average Bonchev–Trinajstić information content (AvgIpc) is 2.65. The van der Waals surface area contributed by atoms with E-state index < -0.39 is 6.10 Å². The number of ether oxygens (including phenoxy) is 2. The maximum absolute atomic E-state index is 10.5. The van der Waals surface area contributed by atoms with Crippen LogP contribution in [0.2, 0.25) is 0 Å². The lowest BCUT2D eigenvalue weighted by Crippen LogP contribution is -2.34. The summed E-state index contributed by atoms with van der Waals surface area (Å²) >= 11 is 3.49. The molecule has 0 radical (unpaired) electrons. The van der Waals surface area contributed by atoms with E-state index in [-0.39, 0.29) is 6.04 Å². The zero-order valence-electron chi connectivity index (χ0n) is 14.3. The van der Waals surface area contributed by atoms with Gasteiger partial charge in [0.25, 0.3) is 0 Å². The van der Waals surface area contributed by atoms with Gasteiger partial charge in [-0.05, 0) is 54.5 Å². The van der Waals surface area contributed by atoms with Gasteiger partial charge in [-0.15, -0.1) is 0 Å². The molecular weight excluding hydrogens is 382 g/mol. The third-order valence-corrected chi connectivity index (χ3v) is 4.82. The third kappa shape index (κ3) is 4.42. The van der Waals surface area contributed by atoms with Crippen LogP contribution < -0.4 is 14.8 Å². The summed E-state index contributed by atoms with van der Waals surface area (Å²) in [5.74, 6) is 1.68. The van der Waals surface area contributed by atoms with Crippen LogP contribution in [0.3, 0.4) is 0 Å². The zero-order valence-corrected chi connectivity index (χ0v) is 15.9. The SMILES string of the molecule is COc1ccc([C@H](O)[C@H](C)NCC2=Cc3cc(Br)ccc3OC2)cc1. The molecule has 5 heteroatoms. The average molecular weight is 404 g/mol. The zero-order chi connectivity index (χ0) is 17.8. The number of aliphatic hydroxyl groups excluding tert-OH is 1. The Morgan fingerprint density at radius 1 is 1.24 bits per heavy atom. The molecule has 0 saturated carbocycles. The van der Waals surface area contributed by atoms with Gasteiger partial charge >= 0.3 is 0 Å². The number of fused-ring (bicyclic) bond motifs is 1. The highest BCUT2D eigenvalue weighted by Gasteiger charge is 2.18. The van der Waals surface area contributed by atoms with Crippen LogP contribution in [-0.2, 0) is 0 Å². The first kappa shape index (κ1) is 18.0. The standard InChI is InChI=1S/C20H22BrNO3/c1-13(20(23)15-3-6-18(24-2)7-4-15)22-11-14-9-16-10-17(21)5-8-19(16)25-12-14/h3-10,13,20,22-23H,11-12H2,1-2H3/t13-,20+/m0/s1. The Balaban J connectivity index is 1.60. The number of benzene rings is 2. The van der Waals surface area contributed by atoms with Gasteiger partial charge in [-0.25, -0.2) is 0 Å². The van der Waals surface area contributed by atoms with Crippen molar-refractivity contribution in [2.24, 2.45) is 0 Å². The maximum Gasteiger partial charge on any atom is 0.127 e. The van der Waals surface area contributed by atoms with E-state index in [1.165, 1.54) is 0 Å². The first-order chi connectivity index (χ1) is 12.1. The Kier molecular flexibility index (Phi) is 5.78. The van der Waals surface area contributed by atoms with Crippen molar-refractivity contribution in [3.05, 3.63) is 63.6 Å². The number of nitrogens with one attached hydrogen (secondary N) is 1. The van der Waals surface area contributed by atoms with Crippen molar-refractivity contribution in [1.82, 2.24) is 5.32 Å². The number of rotatable bonds is 6. The molecule has 3 rings (SSSR count). The Morgan fingerprint density at radius 3 is 2.72 bits per heavy atom. The Labute approximate surface area is 156 Å². The molecule has 2 aromatic rings. The molecule has 1 heterocycles. The molecule has 1 aliphatic rings. The van der Waals surface area contributed by atoms with E-state index >= 15 is 0 Å². The van der Waals surface area contributed by atoms with Gasteiger partial charge in [-0.2, -0.15) is 0 Å². The van der Waals surface area contributed by atoms with Crippen molar-refractivity contribution < 1.29 is 14.6 Å². The number of hydrogen-bond donors (Lipinski definition) is 2. The number of hydrogen-bond acceptors (Lipinski definition) is 4. The summed E-state index contributed by atoms with van der Waals surface area (Å²) in [5, 5.41) is 13.9. The summed E-state index contributed by atoms with van der Waals surface area (Å²) in [6.45, 7) is 3.21. The fourth-order valence-electron chi connectivity index (χ4n) is 2.79. The molecule has 0 aliphatic carbocycles. The summed E-state index contributed by atoms with van der Waals surface area (Å²) in [5.41, 5.74) is 3.09. The lowest BCUT2D eigenvalue weighted by atomic mass is 10.0. The number of aliphatic hydroxyl groups is 1. The van der Waals surface area contributed by atoms with Crippen LogP contribution in [-0.4, -0.2) is 31.4 Å². The molecule has 2 atom stereocenters. The normalized spacial score (nSPS) is 15.6. The predicted molar refractivity (Wildman–Crippen MR) is 103 cm³/mol. The van der Waals surface area contributed by atoms with Gasteiger partial charge in [-0.3, -0.25) is 0 Å². The quantitative estimate of drug-likeness (QED) is 0.766. The largest absolute Gasteiger partial charge is 0.497 e. The fourth-order valence-corrected chi connectivity index (χ4v) is 3.17. The van der Waals surface area contributed by atoms with Crippen LogP contribution in [0.5, 0.6) is 11.5 Å². The maximum atomic E-state index is 10.5. The molecule has 0 fully saturated rings. The van der Waals surface area contributed by atoms with Crippen LogP contribution in [0, 0.1) is 0 Å². The Morgan fingerprint density at radius 2 is 2.00 bits per heavy atom. The van der Waals surface area contributed by atoms with E-state index in [0.29, 0.717) is 13.2 Å². The fraction of sp³-hybridized carbons (Fsp3) is 0.300. The molecule has 0 aromatic heterocycles. The smallest absolute Gasteiger partial charge is 0.127 e. The molecular formula is C20H22BrNO3. The van der Waals surface area contributed by atoms with Gasteiger partial charge in [-0.1, -0.05) is 28.1 Å². The van der Waals surface area contributed by atoms with Crippen LogP contribution in [0.4, 0.5) is 0 Å². The molecule has 1 aliphatic heterocycles. The molecule has 2 N–H and O–H groups in total. The summed E-state index contributed by atoms with van der Waals surface area (Å²) in [6.07, 6.45) is 1.56. The van der Waals surface area contributed by atoms with E-state index in [2.05, 4.69) is 27.3 Å². The summed E-state index contributed by atoms with van der Waals surface area (Å²) in [7, 11) is 1.63. The van der Waals surface area contributed by atoms with E-state index in [9.17, 15) is 5.11 Å². The minimum atomic E-state index is -0.586. The first-order valence-corrected chi connectivity index (χ1v) is 9.03.